The summed E-state index contributed by atoms with van der Waals surface area (Å²) < 4.78 is 17.9. The van der Waals surface area contributed by atoms with Gasteiger partial charge in [-0.3, -0.25) is 4.79 Å². The first-order valence-electron chi connectivity index (χ1n) is 4.63. The van der Waals surface area contributed by atoms with Gasteiger partial charge in [0, 0.05) is 5.56 Å². The Labute approximate surface area is 87.4 Å². The zero-order chi connectivity index (χ0) is 11.3. The van der Waals surface area contributed by atoms with Gasteiger partial charge in [-0.2, -0.15) is 0 Å². The Hall–Kier alpha value is -1.71. The quantitative estimate of drug-likeness (QED) is 0.610. The van der Waals surface area contributed by atoms with Gasteiger partial charge < -0.3 is 10.1 Å². The summed E-state index contributed by atoms with van der Waals surface area (Å²) in [6, 6.07) is 5.89. The highest BCUT2D eigenvalue weighted by Crippen LogP contribution is 2.09. The lowest BCUT2D eigenvalue weighted by Gasteiger charge is -2.04. The van der Waals surface area contributed by atoms with E-state index in [2.05, 4.69) is 4.74 Å². The average Bonchev–Trinajstić information content (AvgIpc) is 2.18. The molecule has 0 aliphatic heterocycles. The third-order valence-corrected chi connectivity index (χ3v) is 1.83. The van der Waals surface area contributed by atoms with Gasteiger partial charge in [0.25, 0.3) is 0 Å². The first kappa shape index (κ1) is 11.4. The number of ether oxygens (including phenoxy) is 1. The molecule has 1 aromatic rings. The molecule has 1 aromatic carbocycles. The molecule has 0 aromatic heterocycles. The molecule has 0 aliphatic rings. The number of hydrogen-bond acceptors (Lipinski definition) is 3. The summed E-state index contributed by atoms with van der Waals surface area (Å²) >= 11 is 0. The SMILES string of the molecule is CCOC(=O)CC(=N)c1ccccc1F. The Morgan fingerprint density at radius 1 is 1.47 bits per heavy atom. The van der Waals surface area contributed by atoms with Gasteiger partial charge in [-0.15, -0.1) is 0 Å². The van der Waals surface area contributed by atoms with Crippen molar-refractivity contribution in [1.82, 2.24) is 0 Å². The fourth-order valence-electron chi connectivity index (χ4n) is 1.16. The van der Waals surface area contributed by atoms with Crippen LogP contribution in [-0.4, -0.2) is 18.3 Å². The van der Waals surface area contributed by atoms with E-state index in [1.165, 1.54) is 18.2 Å². The summed E-state index contributed by atoms with van der Waals surface area (Å²) in [6.07, 6.45) is -0.200. The van der Waals surface area contributed by atoms with Crippen LogP contribution in [0.5, 0.6) is 0 Å². The van der Waals surface area contributed by atoms with Crippen molar-refractivity contribution in [2.75, 3.05) is 6.61 Å². The predicted molar refractivity (Wildman–Crippen MR) is 54.5 cm³/mol. The van der Waals surface area contributed by atoms with Gasteiger partial charge in [0.05, 0.1) is 18.7 Å². The van der Waals surface area contributed by atoms with E-state index in [9.17, 15) is 9.18 Å². The van der Waals surface area contributed by atoms with Crippen molar-refractivity contribution in [3.8, 4) is 0 Å². The lowest BCUT2D eigenvalue weighted by atomic mass is 10.1. The third-order valence-electron chi connectivity index (χ3n) is 1.83. The maximum Gasteiger partial charge on any atom is 0.311 e. The number of halogens is 1. The Bertz CT molecular complexity index is 377. The number of rotatable bonds is 4. The molecule has 15 heavy (non-hydrogen) atoms. The largest absolute Gasteiger partial charge is 0.466 e. The van der Waals surface area contributed by atoms with Gasteiger partial charge in [0.1, 0.15) is 5.82 Å². The van der Waals surface area contributed by atoms with Crippen LogP contribution in [-0.2, 0) is 9.53 Å². The maximum atomic E-state index is 13.2. The van der Waals surface area contributed by atoms with Crippen molar-refractivity contribution < 1.29 is 13.9 Å². The Kier molecular flexibility index (Phi) is 3.97. The van der Waals surface area contributed by atoms with Crippen LogP contribution in [0.15, 0.2) is 24.3 Å². The molecule has 1 N–H and O–H groups in total. The minimum absolute atomic E-state index is 0.0634. The van der Waals surface area contributed by atoms with Crippen molar-refractivity contribution in [2.24, 2.45) is 0 Å². The van der Waals surface area contributed by atoms with Crippen LogP contribution in [0.3, 0.4) is 0 Å². The summed E-state index contributed by atoms with van der Waals surface area (Å²) in [4.78, 5) is 11.1. The minimum Gasteiger partial charge on any atom is -0.466 e. The highest BCUT2D eigenvalue weighted by molar-refractivity contribution is 6.07. The minimum atomic E-state index is -0.509. The Morgan fingerprint density at radius 3 is 2.73 bits per heavy atom. The molecule has 0 atom stereocenters. The molecule has 0 aliphatic carbocycles. The fourth-order valence-corrected chi connectivity index (χ4v) is 1.16. The van der Waals surface area contributed by atoms with E-state index in [-0.39, 0.29) is 24.3 Å². The van der Waals surface area contributed by atoms with Gasteiger partial charge in [-0.1, -0.05) is 18.2 Å². The molecule has 3 nitrogen and oxygen atoms in total. The second-order valence-corrected chi connectivity index (χ2v) is 2.94. The van der Waals surface area contributed by atoms with Gasteiger partial charge in [-0.05, 0) is 13.0 Å². The fraction of sp³-hybridized carbons (Fsp3) is 0.273. The maximum absolute atomic E-state index is 13.2. The summed E-state index contributed by atoms with van der Waals surface area (Å²) in [7, 11) is 0. The molecule has 0 heterocycles. The molecule has 0 unspecified atom stereocenters. The highest BCUT2D eigenvalue weighted by atomic mass is 19.1. The predicted octanol–water partition coefficient (Wildman–Crippen LogP) is 2.15. The molecule has 4 heteroatoms. The van der Waals surface area contributed by atoms with E-state index >= 15 is 0 Å². The first-order chi connectivity index (χ1) is 7.15. The molecule has 80 valence electrons. The highest BCUT2D eigenvalue weighted by Gasteiger charge is 2.11. The van der Waals surface area contributed by atoms with Crippen LogP contribution in [0, 0.1) is 11.2 Å². The van der Waals surface area contributed by atoms with E-state index in [0.717, 1.165) is 0 Å². The second kappa shape index (κ2) is 5.24. The van der Waals surface area contributed by atoms with Gasteiger partial charge in [0.2, 0.25) is 0 Å². The van der Waals surface area contributed by atoms with Crippen LogP contribution in [0.2, 0.25) is 0 Å². The van der Waals surface area contributed by atoms with Crippen LogP contribution < -0.4 is 0 Å². The molecule has 0 radical (unpaired) electrons. The Balaban J connectivity index is 2.70. The molecular formula is C11H12FNO2. The lowest BCUT2D eigenvalue weighted by Crippen LogP contribution is -2.12. The molecule has 1 rings (SSSR count). The van der Waals surface area contributed by atoms with Gasteiger partial charge >= 0.3 is 5.97 Å². The van der Waals surface area contributed by atoms with Gasteiger partial charge in [-0.25, -0.2) is 4.39 Å². The van der Waals surface area contributed by atoms with E-state index in [1.807, 2.05) is 0 Å². The van der Waals surface area contributed by atoms with Crippen molar-refractivity contribution in [2.45, 2.75) is 13.3 Å². The number of carbonyl (C=O) groups excluding carboxylic acids is 1. The lowest BCUT2D eigenvalue weighted by molar-refractivity contribution is -0.141. The smallest absolute Gasteiger partial charge is 0.311 e. The standard InChI is InChI=1S/C11H12FNO2/c1-2-15-11(14)7-10(13)8-5-3-4-6-9(8)12/h3-6,13H,2,7H2,1H3. The van der Waals surface area contributed by atoms with Crippen LogP contribution in [0.4, 0.5) is 4.39 Å². The third kappa shape index (κ3) is 3.16. The molecule has 0 fully saturated rings. The summed E-state index contributed by atoms with van der Waals surface area (Å²) in [5.74, 6) is -1.00. The van der Waals surface area contributed by atoms with Crippen molar-refractivity contribution >= 4 is 11.7 Å². The second-order valence-electron chi connectivity index (χ2n) is 2.94. The van der Waals surface area contributed by atoms with E-state index in [0.29, 0.717) is 0 Å². The summed E-state index contributed by atoms with van der Waals surface area (Å²) in [5, 5.41) is 7.54. The molecule has 0 saturated carbocycles. The van der Waals surface area contributed by atoms with E-state index in [4.69, 9.17) is 5.41 Å². The first-order valence-corrected chi connectivity index (χ1v) is 4.63. The van der Waals surface area contributed by atoms with Crippen molar-refractivity contribution in [1.29, 1.82) is 5.41 Å². The van der Waals surface area contributed by atoms with Crippen LogP contribution in [0.1, 0.15) is 18.9 Å². The number of nitrogens with one attached hydrogen (secondary N) is 1. The monoisotopic (exact) mass is 209 g/mol. The van der Waals surface area contributed by atoms with Crippen LogP contribution >= 0.6 is 0 Å². The molecule has 0 bridgehead atoms. The average molecular weight is 209 g/mol. The number of carbonyl (C=O) groups is 1. The zero-order valence-electron chi connectivity index (χ0n) is 8.42. The van der Waals surface area contributed by atoms with Gasteiger partial charge in [0.15, 0.2) is 0 Å². The molecule has 0 spiro atoms. The normalized spacial score (nSPS) is 9.73. The van der Waals surface area contributed by atoms with Crippen molar-refractivity contribution in [3.63, 3.8) is 0 Å². The summed E-state index contributed by atoms with van der Waals surface area (Å²) in [5.41, 5.74) is 0.0807. The number of benzene rings is 1. The van der Waals surface area contributed by atoms with E-state index < -0.39 is 11.8 Å². The summed E-state index contributed by atoms with van der Waals surface area (Å²) in [6.45, 7) is 1.95. The Morgan fingerprint density at radius 2 is 2.13 bits per heavy atom. The van der Waals surface area contributed by atoms with Crippen molar-refractivity contribution in [3.05, 3.63) is 35.6 Å². The molecule has 0 saturated heterocycles. The van der Waals surface area contributed by atoms with Crippen LogP contribution in [0.25, 0.3) is 0 Å². The van der Waals surface area contributed by atoms with E-state index in [1.54, 1.807) is 13.0 Å². The zero-order valence-corrected chi connectivity index (χ0v) is 8.42. The number of esters is 1. The topological polar surface area (TPSA) is 50.2 Å². The molecule has 0 amide bonds. The molecular weight excluding hydrogens is 197 g/mol. The number of hydrogen-bond donors (Lipinski definition) is 1.